The van der Waals surface area contributed by atoms with Crippen molar-refractivity contribution in [1.82, 2.24) is 10.3 Å². The molecule has 1 aromatic heterocycles. The van der Waals surface area contributed by atoms with E-state index >= 15 is 0 Å². The summed E-state index contributed by atoms with van der Waals surface area (Å²) in [6.07, 6.45) is 2.67. The highest BCUT2D eigenvalue weighted by atomic mass is 16.5. The quantitative estimate of drug-likeness (QED) is 0.813. The third kappa shape index (κ3) is 3.71. The van der Waals surface area contributed by atoms with Gasteiger partial charge in [0, 0.05) is 19.7 Å². The number of aromatic nitrogens is 1. The number of anilines is 1. The summed E-state index contributed by atoms with van der Waals surface area (Å²) in [6, 6.07) is 14.1. The van der Waals surface area contributed by atoms with Crippen molar-refractivity contribution in [2.24, 2.45) is 0 Å². The van der Waals surface area contributed by atoms with Crippen LogP contribution in [0.1, 0.15) is 18.1 Å². The van der Waals surface area contributed by atoms with Gasteiger partial charge in [-0.05, 0) is 31.3 Å². The molecule has 0 fully saturated rings. The summed E-state index contributed by atoms with van der Waals surface area (Å²) in [4.78, 5) is 4.27. The highest BCUT2D eigenvalue weighted by Gasteiger charge is 2.14. The molecule has 0 bridgehead atoms. The van der Waals surface area contributed by atoms with E-state index in [0.29, 0.717) is 0 Å². The van der Waals surface area contributed by atoms with Gasteiger partial charge in [-0.2, -0.15) is 0 Å². The maximum Gasteiger partial charge on any atom is 0.168 e. The fraction of sp³-hybridized carbons (Fsp3) is 0.312. The van der Waals surface area contributed by atoms with Gasteiger partial charge in [-0.25, -0.2) is 4.98 Å². The lowest BCUT2D eigenvalue weighted by Gasteiger charge is -2.20. The predicted molar refractivity (Wildman–Crippen MR) is 82.1 cm³/mol. The second-order valence-electron chi connectivity index (χ2n) is 4.51. The monoisotopic (exact) mass is 271 g/mol. The van der Waals surface area contributed by atoms with Crippen molar-refractivity contribution in [3.05, 3.63) is 54.2 Å². The van der Waals surface area contributed by atoms with Gasteiger partial charge in [0.25, 0.3) is 0 Å². The number of nitrogens with one attached hydrogen (secondary N) is 2. The number of ether oxygens (including phenoxy) is 1. The van der Waals surface area contributed by atoms with Gasteiger partial charge in [0.15, 0.2) is 11.6 Å². The van der Waals surface area contributed by atoms with Crippen LogP contribution in [0.5, 0.6) is 5.75 Å². The molecule has 20 heavy (non-hydrogen) atoms. The molecule has 0 radical (unpaired) electrons. The smallest absolute Gasteiger partial charge is 0.168 e. The number of rotatable bonds is 7. The minimum Gasteiger partial charge on any atom is -0.482 e. The van der Waals surface area contributed by atoms with Crippen LogP contribution in [-0.2, 0) is 0 Å². The lowest BCUT2D eigenvalue weighted by Crippen LogP contribution is -2.16. The van der Waals surface area contributed by atoms with Crippen molar-refractivity contribution in [2.75, 3.05) is 26.0 Å². The molecule has 2 rings (SSSR count). The number of pyridine rings is 1. The van der Waals surface area contributed by atoms with Gasteiger partial charge in [0.05, 0.1) is 0 Å². The molecule has 1 atom stereocenters. The Morgan fingerprint density at radius 1 is 1.10 bits per heavy atom. The summed E-state index contributed by atoms with van der Waals surface area (Å²) in [5.74, 6) is 1.54. The van der Waals surface area contributed by atoms with Gasteiger partial charge in [-0.3, -0.25) is 0 Å². The molecule has 0 aliphatic carbocycles. The summed E-state index contributed by atoms with van der Waals surface area (Å²) < 4.78 is 6.16. The number of benzene rings is 1. The summed E-state index contributed by atoms with van der Waals surface area (Å²) in [5.41, 5.74) is 1.17. The van der Waals surface area contributed by atoms with E-state index in [-0.39, 0.29) is 6.10 Å². The first-order valence-electron chi connectivity index (χ1n) is 6.84. The Hall–Kier alpha value is -2.07. The first-order valence-corrected chi connectivity index (χ1v) is 6.84. The van der Waals surface area contributed by atoms with E-state index in [0.717, 1.165) is 24.5 Å². The fourth-order valence-electron chi connectivity index (χ4n) is 2.06. The third-order valence-corrected chi connectivity index (χ3v) is 3.10. The predicted octanol–water partition coefficient (Wildman–Crippen LogP) is 2.85. The molecule has 1 unspecified atom stereocenters. The maximum absolute atomic E-state index is 6.16. The highest BCUT2D eigenvalue weighted by Crippen LogP contribution is 2.28. The lowest BCUT2D eigenvalue weighted by atomic mass is 10.1. The standard InChI is InChI=1S/C16H21N3O/c1-17-12-10-14(13-7-4-3-5-8-13)20-15-9-6-11-19-16(15)18-2/h3-9,11,14,17H,10,12H2,1-2H3,(H,18,19). The van der Waals surface area contributed by atoms with Gasteiger partial charge >= 0.3 is 0 Å². The van der Waals surface area contributed by atoms with E-state index < -0.39 is 0 Å². The zero-order valence-corrected chi connectivity index (χ0v) is 12.0. The van der Waals surface area contributed by atoms with Crippen LogP contribution in [0, 0.1) is 0 Å². The van der Waals surface area contributed by atoms with Crippen molar-refractivity contribution in [2.45, 2.75) is 12.5 Å². The van der Waals surface area contributed by atoms with Crippen molar-refractivity contribution in [3.8, 4) is 5.75 Å². The SMILES string of the molecule is CNCCC(Oc1cccnc1NC)c1ccccc1. The maximum atomic E-state index is 6.16. The van der Waals surface area contributed by atoms with Crippen LogP contribution in [0.15, 0.2) is 48.7 Å². The van der Waals surface area contributed by atoms with E-state index in [1.54, 1.807) is 6.20 Å². The molecule has 0 aliphatic heterocycles. The van der Waals surface area contributed by atoms with E-state index in [1.807, 2.05) is 44.4 Å². The largest absolute Gasteiger partial charge is 0.482 e. The summed E-state index contributed by atoms with van der Waals surface area (Å²) in [5, 5.41) is 6.23. The van der Waals surface area contributed by atoms with Gasteiger partial charge in [-0.1, -0.05) is 30.3 Å². The zero-order valence-electron chi connectivity index (χ0n) is 12.0. The first kappa shape index (κ1) is 14.3. The second kappa shape index (κ2) is 7.50. The van der Waals surface area contributed by atoms with Crippen LogP contribution in [0.25, 0.3) is 0 Å². The third-order valence-electron chi connectivity index (χ3n) is 3.10. The van der Waals surface area contributed by atoms with Crippen LogP contribution in [0.3, 0.4) is 0 Å². The molecule has 4 nitrogen and oxygen atoms in total. The molecule has 4 heteroatoms. The minimum atomic E-state index is 0.0138. The molecule has 0 saturated carbocycles. The summed E-state index contributed by atoms with van der Waals surface area (Å²) >= 11 is 0. The molecular weight excluding hydrogens is 250 g/mol. The fourth-order valence-corrected chi connectivity index (χ4v) is 2.06. The molecule has 2 aromatic rings. The number of nitrogens with zero attached hydrogens (tertiary/aromatic N) is 1. The molecule has 2 N–H and O–H groups in total. The van der Waals surface area contributed by atoms with Crippen LogP contribution in [0.2, 0.25) is 0 Å². The van der Waals surface area contributed by atoms with E-state index in [2.05, 4.69) is 27.8 Å². The van der Waals surface area contributed by atoms with Crippen molar-refractivity contribution < 1.29 is 4.74 Å². The Kier molecular flexibility index (Phi) is 5.38. The summed E-state index contributed by atoms with van der Waals surface area (Å²) in [6.45, 7) is 0.898. The normalized spacial score (nSPS) is 11.9. The average Bonchev–Trinajstić information content (AvgIpc) is 2.52. The van der Waals surface area contributed by atoms with Crippen LogP contribution in [-0.4, -0.2) is 25.6 Å². The Morgan fingerprint density at radius 2 is 1.90 bits per heavy atom. The Labute approximate surface area is 120 Å². The van der Waals surface area contributed by atoms with Gasteiger partial charge in [-0.15, -0.1) is 0 Å². The first-order chi connectivity index (χ1) is 9.85. The van der Waals surface area contributed by atoms with Gasteiger partial charge in [0.2, 0.25) is 0 Å². The minimum absolute atomic E-state index is 0.0138. The van der Waals surface area contributed by atoms with Crippen LogP contribution >= 0.6 is 0 Å². The van der Waals surface area contributed by atoms with Gasteiger partial charge < -0.3 is 15.4 Å². The molecule has 106 valence electrons. The summed E-state index contributed by atoms with van der Waals surface area (Å²) in [7, 11) is 3.80. The molecule has 0 spiro atoms. The van der Waals surface area contributed by atoms with Gasteiger partial charge in [0.1, 0.15) is 6.10 Å². The molecule has 0 amide bonds. The zero-order chi connectivity index (χ0) is 14.2. The van der Waals surface area contributed by atoms with E-state index in [4.69, 9.17) is 4.74 Å². The second-order valence-corrected chi connectivity index (χ2v) is 4.51. The molecule has 1 aromatic carbocycles. The van der Waals surface area contributed by atoms with Crippen LogP contribution in [0.4, 0.5) is 5.82 Å². The lowest BCUT2D eigenvalue weighted by molar-refractivity contribution is 0.195. The van der Waals surface area contributed by atoms with Crippen molar-refractivity contribution in [3.63, 3.8) is 0 Å². The van der Waals surface area contributed by atoms with E-state index in [1.165, 1.54) is 5.56 Å². The number of hydrogen-bond acceptors (Lipinski definition) is 4. The molecule has 1 heterocycles. The number of hydrogen-bond donors (Lipinski definition) is 2. The van der Waals surface area contributed by atoms with E-state index in [9.17, 15) is 0 Å². The van der Waals surface area contributed by atoms with Crippen molar-refractivity contribution >= 4 is 5.82 Å². The Balaban J connectivity index is 2.19. The van der Waals surface area contributed by atoms with Crippen LogP contribution < -0.4 is 15.4 Å². The topological polar surface area (TPSA) is 46.2 Å². The Morgan fingerprint density at radius 3 is 2.60 bits per heavy atom. The Bertz CT molecular complexity index is 516. The average molecular weight is 271 g/mol. The van der Waals surface area contributed by atoms with Crippen molar-refractivity contribution in [1.29, 1.82) is 0 Å². The molecule has 0 saturated heterocycles. The molecule has 0 aliphatic rings. The highest BCUT2D eigenvalue weighted by molar-refractivity contribution is 5.49. The molecular formula is C16H21N3O.